The van der Waals surface area contributed by atoms with Gasteiger partial charge in [-0.05, 0) is 36.6 Å². The molecule has 0 bridgehead atoms. The molecule has 4 nitrogen and oxygen atoms in total. The van der Waals surface area contributed by atoms with Gasteiger partial charge in [-0.25, -0.2) is 4.98 Å². The van der Waals surface area contributed by atoms with Crippen LogP contribution in [0.25, 0.3) is 11.0 Å². The summed E-state index contributed by atoms with van der Waals surface area (Å²) >= 11 is 0. The number of aromatic nitrogens is 2. The van der Waals surface area contributed by atoms with Gasteiger partial charge in [0.25, 0.3) is 0 Å². The van der Waals surface area contributed by atoms with Crippen LogP contribution in [0.4, 0.5) is 0 Å². The Kier molecular flexibility index (Phi) is 4.42. The van der Waals surface area contributed by atoms with Gasteiger partial charge >= 0.3 is 0 Å². The third-order valence-corrected chi connectivity index (χ3v) is 4.11. The van der Waals surface area contributed by atoms with Crippen LogP contribution in [0.3, 0.4) is 0 Å². The van der Waals surface area contributed by atoms with E-state index in [4.69, 9.17) is 0 Å². The van der Waals surface area contributed by atoms with Crippen molar-refractivity contribution in [1.82, 2.24) is 14.9 Å². The third-order valence-electron chi connectivity index (χ3n) is 4.11. The number of nitrogens with one attached hydrogen (secondary N) is 1. The van der Waals surface area contributed by atoms with Gasteiger partial charge in [0, 0.05) is 13.6 Å². The SMILES string of the molecule is Cc1nc2cc(CCNC(=O)Cc3ccccc3)ccc2n1C. The van der Waals surface area contributed by atoms with Crippen LogP contribution in [0.15, 0.2) is 48.5 Å². The highest BCUT2D eigenvalue weighted by Gasteiger charge is 2.06. The zero-order chi connectivity index (χ0) is 16.2. The van der Waals surface area contributed by atoms with Gasteiger partial charge in [0.05, 0.1) is 17.5 Å². The summed E-state index contributed by atoms with van der Waals surface area (Å²) in [6.07, 6.45) is 1.24. The van der Waals surface area contributed by atoms with E-state index in [0.29, 0.717) is 13.0 Å². The summed E-state index contributed by atoms with van der Waals surface area (Å²) in [7, 11) is 2.02. The Morgan fingerprint density at radius 2 is 1.91 bits per heavy atom. The summed E-state index contributed by atoms with van der Waals surface area (Å²) in [5, 5.41) is 2.98. The van der Waals surface area contributed by atoms with Crippen molar-refractivity contribution in [2.45, 2.75) is 19.8 Å². The second-order valence-corrected chi connectivity index (χ2v) is 5.80. The zero-order valence-corrected chi connectivity index (χ0v) is 13.5. The average Bonchev–Trinajstić information content (AvgIpc) is 2.82. The van der Waals surface area contributed by atoms with E-state index in [-0.39, 0.29) is 5.91 Å². The number of rotatable bonds is 5. The van der Waals surface area contributed by atoms with Crippen LogP contribution < -0.4 is 5.32 Å². The van der Waals surface area contributed by atoms with Crippen LogP contribution in [-0.4, -0.2) is 22.0 Å². The number of amides is 1. The molecule has 0 aliphatic carbocycles. The molecule has 1 aromatic heterocycles. The van der Waals surface area contributed by atoms with E-state index in [1.54, 1.807) is 0 Å². The van der Waals surface area contributed by atoms with E-state index in [1.807, 2.05) is 44.3 Å². The smallest absolute Gasteiger partial charge is 0.224 e. The quantitative estimate of drug-likeness (QED) is 0.788. The molecule has 0 saturated heterocycles. The highest BCUT2D eigenvalue weighted by atomic mass is 16.1. The van der Waals surface area contributed by atoms with Gasteiger partial charge in [0.15, 0.2) is 0 Å². The lowest BCUT2D eigenvalue weighted by atomic mass is 10.1. The number of aryl methyl sites for hydroxylation is 2. The minimum Gasteiger partial charge on any atom is -0.355 e. The molecule has 118 valence electrons. The number of hydrogen-bond acceptors (Lipinski definition) is 2. The zero-order valence-electron chi connectivity index (χ0n) is 13.5. The molecule has 0 aliphatic heterocycles. The molecule has 0 radical (unpaired) electrons. The standard InChI is InChI=1S/C19H21N3O/c1-14-21-17-12-16(8-9-18(17)22(14)2)10-11-20-19(23)13-15-6-4-3-5-7-15/h3-9,12H,10-11,13H2,1-2H3,(H,20,23). The molecule has 0 saturated carbocycles. The molecule has 4 heteroatoms. The lowest BCUT2D eigenvalue weighted by Gasteiger charge is -2.06. The number of hydrogen-bond donors (Lipinski definition) is 1. The van der Waals surface area contributed by atoms with Crippen molar-refractivity contribution in [3.63, 3.8) is 0 Å². The summed E-state index contributed by atoms with van der Waals surface area (Å²) in [6.45, 7) is 2.65. The van der Waals surface area contributed by atoms with Gasteiger partial charge in [-0.3, -0.25) is 4.79 Å². The number of carbonyl (C=O) groups excluding carboxylic acids is 1. The molecule has 1 N–H and O–H groups in total. The van der Waals surface area contributed by atoms with E-state index < -0.39 is 0 Å². The van der Waals surface area contributed by atoms with Crippen LogP contribution in [0.2, 0.25) is 0 Å². The monoisotopic (exact) mass is 307 g/mol. The second-order valence-electron chi connectivity index (χ2n) is 5.80. The Morgan fingerprint density at radius 1 is 1.13 bits per heavy atom. The van der Waals surface area contributed by atoms with Crippen molar-refractivity contribution in [3.05, 3.63) is 65.5 Å². The van der Waals surface area contributed by atoms with Crippen molar-refractivity contribution in [2.75, 3.05) is 6.54 Å². The Balaban J connectivity index is 1.55. The highest BCUT2D eigenvalue weighted by molar-refractivity contribution is 5.79. The minimum atomic E-state index is 0.0611. The number of imidazole rings is 1. The fourth-order valence-electron chi connectivity index (χ4n) is 2.71. The van der Waals surface area contributed by atoms with Crippen molar-refractivity contribution < 1.29 is 4.79 Å². The van der Waals surface area contributed by atoms with Gasteiger partial charge < -0.3 is 9.88 Å². The minimum absolute atomic E-state index is 0.0611. The molecular formula is C19H21N3O. The largest absolute Gasteiger partial charge is 0.355 e. The van der Waals surface area contributed by atoms with E-state index in [0.717, 1.165) is 28.8 Å². The summed E-state index contributed by atoms with van der Waals surface area (Å²) in [5.41, 5.74) is 4.38. The molecule has 0 fully saturated rings. The number of carbonyl (C=O) groups is 1. The number of benzene rings is 2. The molecule has 3 aromatic rings. The Labute approximate surface area is 136 Å². The van der Waals surface area contributed by atoms with E-state index >= 15 is 0 Å². The first-order valence-electron chi connectivity index (χ1n) is 7.86. The van der Waals surface area contributed by atoms with Gasteiger partial charge in [0.2, 0.25) is 5.91 Å². The van der Waals surface area contributed by atoms with Crippen LogP contribution in [-0.2, 0) is 24.7 Å². The molecule has 1 heterocycles. The number of nitrogens with zero attached hydrogens (tertiary/aromatic N) is 2. The fraction of sp³-hybridized carbons (Fsp3) is 0.263. The maximum atomic E-state index is 11.9. The average molecular weight is 307 g/mol. The first-order chi connectivity index (χ1) is 11.1. The normalized spacial score (nSPS) is 10.9. The second kappa shape index (κ2) is 6.65. The summed E-state index contributed by atoms with van der Waals surface area (Å²) in [5.74, 6) is 1.07. The molecule has 1 amide bonds. The number of fused-ring (bicyclic) bond motifs is 1. The Bertz CT molecular complexity index is 821. The molecule has 0 aliphatic rings. The molecule has 0 spiro atoms. The lowest BCUT2D eigenvalue weighted by Crippen LogP contribution is -2.27. The van der Waals surface area contributed by atoms with Gasteiger partial charge in [-0.2, -0.15) is 0 Å². The lowest BCUT2D eigenvalue weighted by molar-refractivity contribution is -0.120. The van der Waals surface area contributed by atoms with E-state index in [2.05, 4.69) is 33.1 Å². The summed E-state index contributed by atoms with van der Waals surface area (Å²) in [4.78, 5) is 16.5. The van der Waals surface area contributed by atoms with Crippen molar-refractivity contribution in [2.24, 2.45) is 7.05 Å². The van der Waals surface area contributed by atoms with Crippen molar-refractivity contribution >= 4 is 16.9 Å². The molecule has 2 aromatic carbocycles. The Morgan fingerprint density at radius 3 is 2.70 bits per heavy atom. The van der Waals surface area contributed by atoms with E-state index in [9.17, 15) is 4.79 Å². The highest BCUT2D eigenvalue weighted by Crippen LogP contribution is 2.16. The molecule has 3 rings (SSSR count). The maximum absolute atomic E-state index is 11.9. The predicted octanol–water partition coefficient (Wildman–Crippen LogP) is 2.78. The van der Waals surface area contributed by atoms with Crippen molar-refractivity contribution in [3.8, 4) is 0 Å². The van der Waals surface area contributed by atoms with Gasteiger partial charge in [0.1, 0.15) is 5.82 Å². The fourth-order valence-corrected chi connectivity index (χ4v) is 2.71. The maximum Gasteiger partial charge on any atom is 0.224 e. The van der Waals surface area contributed by atoms with Crippen molar-refractivity contribution in [1.29, 1.82) is 0 Å². The first-order valence-corrected chi connectivity index (χ1v) is 7.86. The molecule has 0 atom stereocenters. The molecule has 0 unspecified atom stereocenters. The van der Waals surface area contributed by atoms with Crippen LogP contribution in [0.1, 0.15) is 17.0 Å². The van der Waals surface area contributed by atoms with Crippen LogP contribution in [0, 0.1) is 6.92 Å². The van der Waals surface area contributed by atoms with Gasteiger partial charge in [-0.1, -0.05) is 36.4 Å². The molecular weight excluding hydrogens is 286 g/mol. The first kappa shape index (κ1) is 15.3. The topological polar surface area (TPSA) is 46.9 Å². The molecule has 23 heavy (non-hydrogen) atoms. The Hall–Kier alpha value is -2.62. The summed E-state index contributed by atoms with van der Waals surface area (Å²) in [6, 6.07) is 16.1. The van der Waals surface area contributed by atoms with Crippen LogP contribution >= 0.6 is 0 Å². The summed E-state index contributed by atoms with van der Waals surface area (Å²) < 4.78 is 2.08. The predicted molar refractivity (Wildman–Crippen MR) is 92.3 cm³/mol. The third kappa shape index (κ3) is 3.59. The van der Waals surface area contributed by atoms with Gasteiger partial charge in [-0.15, -0.1) is 0 Å². The van der Waals surface area contributed by atoms with Crippen LogP contribution in [0.5, 0.6) is 0 Å². The van der Waals surface area contributed by atoms with E-state index in [1.165, 1.54) is 5.56 Å².